The lowest BCUT2D eigenvalue weighted by molar-refractivity contribution is 0.0535. The molecular formula is C16H13NO2. The second-order valence-electron chi connectivity index (χ2n) is 4.34. The number of esters is 1. The number of carbonyl (C=O) groups is 1. The molecule has 0 saturated carbocycles. The molecule has 0 aromatic heterocycles. The van der Waals surface area contributed by atoms with Gasteiger partial charge in [-0.25, -0.2) is 4.79 Å². The van der Waals surface area contributed by atoms with Crippen LogP contribution in [0, 0.1) is 0 Å². The molecule has 1 aliphatic heterocycles. The monoisotopic (exact) mass is 251 g/mol. The van der Waals surface area contributed by atoms with Gasteiger partial charge in [0.05, 0.1) is 5.56 Å². The molecule has 3 rings (SSSR count). The van der Waals surface area contributed by atoms with Crippen LogP contribution in [0.4, 0.5) is 5.69 Å². The zero-order valence-corrected chi connectivity index (χ0v) is 10.3. The first kappa shape index (κ1) is 11.5. The quantitative estimate of drug-likeness (QED) is 0.849. The molecule has 0 bridgehead atoms. The Morgan fingerprint density at radius 2 is 1.95 bits per heavy atom. The van der Waals surface area contributed by atoms with Crippen LogP contribution in [0.25, 0.3) is 6.08 Å². The van der Waals surface area contributed by atoms with Crippen LogP contribution < -0.4 is 5.32 Å². The summed E-state index contributed by atoms with van der Waals surface area (Å²) in [6, 6.07) is 15.7. The van der Waals surface area contributed by atoms with Crippen LogP contribution in [-0.2, 0) is 11.3 Å². The molecule has 94 valence electrons. The van der Waals surface area contributed by atoms with Gasteiger partial charge in [-0.3, -0.25) is 0 Å². The van der Waals surface area contributed by atoms with E-state index >= 15 is 0 Å². The third-order valence-electron chi connectivity index (χ3n) is 3.01. The van der Waals surface area contributed by atoms with Gasteiger partial charge in [0.25, 0.3) is 0 Å². The number of rotatable bonds is 3. The number of cyclic esters (lactones) is 1. The van der Waals surface area contributed by atoms with E-state index in [2.05, 4.69) is 5.32 Å². The van der Waals surface area contributed by atoms with E-state index < -0.39 is 0 Å². The molecule has 0 aliphatic carbocycles. The van der Waals surface area contributed by atoms with Crippen molar-refractivity contribution in [3.63, 3.8) is 0 Å². The van der Waals surface area contributed by atoms with Crippen molar-refractivity contribution >= 4 is 17.7 Å². The molecular weight excluding hydrogens is 238 g/mol. The van der Waals surface area contributed by atoms with Crippen LogP contribution in [0.15, 0.2) is 54.7 Å². The molecule has 19 heavy (non-hydrogen) atoms. The minimum Gasteiger partial charge on any atom is -0.457 e. The summed E-state index contributed by atoms with van der Waals surface area (Å²) in [6.07, 6.45) is 3.84. The molecule has 3 heteroatoms. The first-order valence-corrected chi connectivity index (χ1v) is 6.11. The first-order chi connectivity index (χ1) is 9.33. The second-order valence-corrected chi connectivity index (χ2v) is 4.34. The van der Waals surface area contributed by atoms with E-state index in [-0.39, 0.29) is 5.97 Å². The molecule has 1 N–H and O–H groups in total. The maximum atomic E-state index is 11.4. The maximum Gasteiger partial charge on any atom is 0.338 e. The number of fused-ring (bicyclic) bond motifs is 1. The SMILES string of the molecule is O=C1OCc2ccc(N/C=C/c3ccccc3)cc21. The van der Waals surface area contributed by atoms with E-state index in [0.29, 0.717) is 12.2 Å². The van der Waals surface area contributed by atoms with Gasteiger partial charge in [0, 0.05) is 17.5 Å². The van der Waals surface area contributed by atoms with Crippen LogP contribution in [0.5, 0.6) is 0 Å². The predicted octanol–water partition coefficient (Wildman–Crippen LogP) is 3.44. The zero-order chi connectivity index (χ0) is 13.1. The van der Waals surface area contributed by atoms with Gasteiger partial charge in [-0.05, 0) is 23.8 Å². The molecule has 0 unspecified atom stereocenters. The molecule has 2 aromatic carbocycles. The molecule has 1 heterocycles. The van der Waals surface area contributed by atoms with Crippen LogP contribution in [0.3, 0.4) is 0 Å². The number of benzene rings is 2. The molecule has 0 atom stereocenters. The topological polar surface area (TPSA) is 38.3 Å². The summed E-state index contributed by atoms with van der Waals surface area (Å²) < 4.78 is 4.97. The van der Waals surface area contributed by atoms with Gasteiger partial charge in [0.1, 0.15) is 6.61 Å². The van der Waals surface area contributed by atoms with Gasteiger partial charge in [0.15, 0.2) is 0 Å². The van der Waals surface area contributed by atoms with Crippen LogP contribution >= 0.6 is 0 Å². The molecule has 2 aromatic rings. The summed E-state index contributed by atoms with van der Waals surface area (Å²) >= 11 is 0. The fourth-order valence-electron chi connectivity index (χ4n) is 2.00. The summed E-state index contributed by atoms with van der Waals surface area (Å²) in [5, 5.41) is 3.16. The molecule has 3 nitrogen and oxygen atoms in total. The number of anilines is 1. The number of nitrogens with one attached hydrogen (secondary N) is 1. The Morgan fingerprint density at radius 3 is 2.79 bits per heavy atom. The van der Waals surface area contributed by atoms with Crippen molar-refractivity contribution in [3.8, 4) is 0 Å². The largest absolute Gasteiger partial charge is 0.457 e. The molecule has 1 aliphatic rings. The fourth-order valence-corrected chi connectivity index (χ4v) is 2.00. The summed E-state index contributed by atoms with van der Waals surface area (Å²) in [5.41, 5.74) is 3.60. The van der Waals surface area contributed by atoms with Gasteiger partial charge in [0.2, 0.25) is 0 Å². The average Bonchev–Trinajstić information content (AvgIpc) is 2.82. The van der Waals surface area contributed by atoms with Crippen molar-refractivity contribution in [2.75, 3.05) is 5.32 Å². The van der Waals surface area contributed by atoms with Crippen molar-refractivity contribution in [2.24, 2.45) is 0 Å². The van der Waals surface area contributed by atoms with E-state index in [1.165, 1.54) is 0 Å². The predicted molar refractivity (Wildman–Crippen MR) is 74.7 cm³/mol. The Labute approximate surface area is 111 Å². The summed E-state index contributed by atoms with van der Waals surface area (Å²) in [6.45, 7) is 0.383. The lowest BCUT2D eigenvalue weighted by Gasteiger charge is -2.02. The number of hydrogen-bond acceptors (Lipinski definition) is 3. The Morgan fingerprint density at radius 1 is 1.11 bits per heavy atom. The van der Waals surface area contributed by atoms with E-state index in [1.54, 1.807) is 0 Å². The van der Waals surface area contributed by atoms with E-state index in [0.717, 1.165) is 16.8 Å². The van der Waals surface area contributed by atoms with E-state index in [4.69, 9.17) is 4.74 Å². The lowest BCUT2D eigenvalue weighted by Crippen LogP contribution is -1.95. The summed E-state index contributed by atoms with van der Waals surface area (Å²) in [4.78, 5) is 11.4. The van der Waals surface area contributed by atoms with E-state index in [9.17, 15) is 4.79 Å². The Kier molecular flexibility index (Phi) is 3.02. The molecule has 0 spiro atoms. The van der Waals surface area contributed by atoms with Crippen molar-refractivity contribution in [1.29, 1.82) is 0 Å². The third-order valence-corrected chi connectivity index (χ3v) is 3.01. The molecule has 0 saturated heterocycles. The third kappa shape index (κ3) is 2.50. The Bertz CT molecular complexity index is 632. The van der Waals surface area contributed by atoms with Crippen LogP contribution in [0.1, 0.15) is 21.5 Å². The second kappa shape index (κ2) is 4.98. The number of hydrogen-bond donors (Lipinski definition) is 1. The van der Waals surface area contributed by atoms with Gasteiger partial charge in [-0.15, -0.1) is 0 Å². The summed E-state index contributed by atoms with van der Waals surface area (Å²) in [7, 11) is 0. The first-order valence-electron chi connectivity index (χ1n) is 6.11. The Balaban J connectivity index is 1.73. The fraction of sp³-hybridized carbons (Fsp3) is 0.0625. The molecule has 0 fully saturated rings. The Hall–Kier alpha value is -2.55. The highest BCUT2D eigenvalue weighted by molar-refractivity contribution is 5.94. The van der Waals surface area contributed by atoms with Crippen molar-refractivity contribution in [3.05, 3.63) is 71.4 Å². The number of carbonyl (C=O) groups excluding carboxylic acids is 1. The minimum atomic E-state index is -0.245. The lowest BCUT2D eigenvalue weighted by atomic mass is 10.1. The summed E-state index contributed by atoms with van der Waals surface area (Å²) in [5.74, 6) is -0.245. The highest BCUT2D eigenvalue weighted by atomic mass is 16.5. The van der Waals surface area contributed by atoms with Gasteiger partial charge in [-0.2, -0.15) is 0 Å². The van der Waals surface area contributed by atoms with Gasteiger partial charge < -0.3 is 10.1 Å². The highest BCUT2D eigenvalue weighted by Crippen LogP contribution is 2.23. The van der Waals surface area contributed by atoms with Crippen molar-refractivity contribution < 1.29 is 9.53 Å². The van der Waals surface area contributed by atoms with Gasteiger partial charge in [-0.1, -0.05) is 36.4 Å². The number of ether oxygens (including phenoxy) is 1. The zero-order valence-electron chi connectivity index (χ0n) is 10.3. The molecule has 0 amide bonds. The van der Waals surface area contributed by atoms with Crippen LogP contribution in [0.2, 0.25) is 0 Å². The standard InChI is InChI=1S/C16H13NO2/c18-16-15-10-14(7-6-13(15)11-19-16)17-9-8-12-4-2-1-3-5-12/h1-10,17H,11H2/b9-8+. The van der Waals surface area contributed by atoms with Crippen LogP contribution in [-0.4, -0.2) is 5.97 Å². The van der Waals surface area contributed by atoms with E-state index in [1.807, 2.05) is 60.8 Å². The minimum absolute atomic E-state index is 0.245. The molecule has 0 radical (unpaired) electrons. The van der Waals surface area contributed by atoms with Gasteiger partial charge >= 0.3 is 5.97 Å². The maximum absolute atomic E-state index is 11.4. The highest BCUT2D eigenvalue weighted by Gasteiger charge is 2.20. The smallest absolute Gasteiger partial charge is 0.338 e. The normalized spacial score (nSPS) is 13.4. The van der Waals surface area contributed by atoms with Crippen molar-refractivity contribution in [1.82, 2.24) is 0 Å². The average molecular weight is 251 g/mol. The van der Waals surface area contributed by atoms with Crippen molar-refractivity contribution in [2.45, 2.75) is 6.61 Å².